The summed E-state index contributed by atoms with van der Waals surface area (Å²) in [6.45, 7) is 5.52. The van der Waals surface area contributed by atoms with Crippen molar-refractivity contribution in [2.75, 3.05) is 0 Å². The summed E-state index contributed by atoms with van der Waals surface area (Å²) in [6, 6.07) is 0. The largest absolute Gasteiger partial charge is 0.305 e. The maximum absolute atomic E-state index is 4.31. The second-order valence-electron chi connectivity index (χ2n) is 3.51. The van der Waals surface area contributed by atoms with E-state index >= 15 is 0 Å². The fourth-order valence-electron chi connectivity index (χ4n) is 1.36. The Morgan fingerprint density at radius 1 is 1.44 bits per heavy atom. The number of hydrogen-bond donors (Lipinski definition) is 2. The van der Waals surface area contributed by atoms with E-state index in [-0.39, 0.29) is 0 Å². The molecule has 16 heavy (non-hydrogen) atoms. The highest BCUT2D eigenvalue weighted by Gasteiger charge is 2.01. The van der Waals surface area contributed by atoms with Gasteiger partial charge in [0.1, 0.15) is 5.82 Å². The average Bonchev–Trinajstić information content (AvgIpc) is 2.88. The van der Waals surface area contributed by atoms with E-state index in [0.29, 0.717) is 6.54 Å². The molecule has 2 heterocycles. The molecule has 6 heteroatoms. The van der Waals surface area contributed by atoms with Crippen molar-refractivity contribution < 1.29 is 0 Å². The van der Waals surface area contributed by atoms with Crippen molar-refractivity contribution in [3.05, 3.63) is 27.7 Å². The van der Waals surface area contributed by atoms with Gasteiger partial charge in [-0.2, -0.15) is 5.10 Å². The van der Waals surface area contributed by atoms with Gasteiger partial charge in [0.25, 0.3) is 0 Å². The zero-order chi connectivity index (χ0) is 11.4. The van der Waals surface area contributed by atoms with Crippen molar-refractivity contribution in [3.63, 3.8) is 0 Å². The van der Waals surface area contributed by atoms with Crippen molar-refractivity contribution in [2.45, 2.75) is 33.4 Å². The molecular formula is C10H15N5S. The molecule has 2 aromatic rings. The second kappa shape index (κ2) is 5.18. The van der Waals surface area contributed by atoms with Crippen LogP contribution in [0.2, 0.25) is 0 Å². The monoisotopic (exact) mass is 237 g/mol. The molecule has 2 rings (SSSR count). The maximum Gasteiger partial charge on any atom is 0.164 e. The van der Waals surface area contributed by atoms with Crippen LogP contribution >= 0.6 is 11.3 Å². The van der Waals surface area contributed by atoms with Crippen molar-refractivity contribution >= 4 is 11.3 Å². The number of aromatic amines is 1. The Bertz CT molecular complexity index is 448. The molecule has 0 aliphatic rings. The first-order valence-electron chi connectivity index (χ1n) is 5.30. The Labute approximate surface area is 98.3 Å². The van der Waals surface area contributed by atoms with Gasteiger partial charge in [-0.25, -0.2) is 9.97 Å². The van der Waals surface area contributed by atoms with E-state index in [4.69, 9.17) is 0 Å². The smallest absolute Gasteiger partial charge is 0.164 e. The van der Waals surface area contributed by atoms with Crippen LogP contribution in [0.5, 0.6) is 0 Å². The van der Waals surface area contributed by atoms with Crippen LogP contribution in [0.15, 0.2) is 6.20 Å². The van der Waals surface area contributed by atoms with Crippen LogP contribution < -0.4 is 5.32 Å². The summed E-state index contributed by atoms with van der Waals surface area (Å²) in [7, 11) is 0. The summed E-state index contributed by atoms with van der Waals surface area (Å²) in [5.41, 5.74) is 0. The SMILES string of the molecule is CCc1ncc(CNCc2n[nH]c(C)n2)s1. The van der Waals surface area contributed by atoms with Crippen LogP contribution in [-0.2, 0) is 19.5 Å². The number of nitrogens with zero attached hydrogens (tertiary/aromatic N) is 3. The molecule has 0 fully saturated rings. The summed E-state index contributed by atoms with van der Waals surface area (Å²) in [5.74, 6) is 1.65. The lowest BCUT2D eigenvalue weighted by Gasteiger charge is -1.97. The number of aryl methyl sites for hydroxylation is 2. The Morgan fingerprint density at radius 3 is 2.94 bits per heavy atom. The highest BCUT2D eigenvalue weighted by Crippen LogP contribution is 2.12. The molecule has 0 aromatic carbocycles. The molecule has 0 amide bonds. The predicted octanol–water partition coefficient (Wildman–Crippen LogP) is 1.42. The molecule has 0 unspecified atom stereocenters. The third-order valence-corrected chi connectivity index (χ3v) is 3.27. The van der Waals surface area contributed by atoms with Crippen LogP contribution in [0.4, 0.5) is 0 Å². The molecule has 5 nitrogen and oxygen atoms in total. The zero-order valence-corrected chi connectivity index (χ0v) is 10.3. The topological polar surface area (TPSA) is 66.5 Å². The van der Waals surface area contributed by atoms with Crippen molar-refractivity contribution in [3.8, 4) is 0 Å². The minimum Gasteiger partial charge on any atom is -0.305 e. The van der Waals surface area contributed by atoms with Crippen molar-refractivity contribution in [1.29, 1.82) is 0 Å². The highest BCUT2D eigenvalue weighted by atomic mass is 32.1. The Morgan fingerprint density at radius 2 is 2.31 bits per heavy atom. The molecule has 0 saturated carbocycles. The van der Waals surface area contributed by atoms with Crippen LogP contribution in [0.1, 0.15) is 28.5 Å². The molecule has 0 aliphatic carbocycles. The molecule has 2 N–H and O–H groups in total. The molecule has 0 radical (unpaired) electrons. The number of hydrogen-bond acceptors (Lipinski definition) is 5. The zero-order valence-electron chi connectivity index (χ0n) is 9.45. The van der Waals surface area contributed by atoms with E-state index in [0.717, 1.165) is 24.6 Å². The van der Waals surface area contributed by atoms with Gasteiger partial charge in [0.15, 0.2) is 5.82 Å². The quantitative estimate of drug-likeness (QED) is 0.825. The van der Waals surface area contributed by atoms with Gasteiger partial charge in [0.05, 0.1) is 11.6 Å². The highest BCUT2D eigenvalue weighted by molar-refractivity contribution is 7.11. The van der Waals surface area contributed by atoms with Crippen molar-refractivity contribution in [1.82, 2.24) is 25.5 Å². The second-order valence-corrected chi connectivity index (χ2v) is 4.71. The van der Waals surface area contributed by atoms with E-state index in [9.17, 15) is 0 Å². The Kier molecular flexibility index (Phi) is 3.63. The number of nitrogens with one attached hydrogen (secondary N) is 2. The fourth-order valence-corrected chi connectivity index (χ4v) is 2.19. The molecule has 0 saturated heterocycles. The molecule has 0 atom stereocenters. The molecule has 0 bridgehead atoms. The van der Waals surface area contributed by atoms with Gasteiger partial charge in [-0.1, -0.05) is 6.92 Å². The maximum atomic E-state index is 4.31. The summed E-state index contributed by atoms with van der Waals surface area (Å²) < 4.78 is 0. The number of thiazole rings is 1. The third-order valence-electron chi connectivity index (χ3n) is 2.13. The lowest BCUT2D eigenvalue weighted by Crippen LogP contribution is -2.12. The standard InChI is InChI=1S/C10H15N5S/c1-3-10-12-5-8(16-10)4-11-6-9-13-7(2)14-15-9/h5,11H,3-4,6H2,1-2H3,(H,13,14,15). The van der Waals surface area contributed by atoms with Crippen LogP contribution in [0, 0.1) is 6.92 Å². The minimum atomic E-state index is 0.684. The summed E-state index contributed by atoms with van der Waals surface area (Å²) in [5, 5.41) is 11.4. The first-order chi connectivity index (χ1) is 7.78. The number of rotatable bonds is 5. The molecule has 0 aliphatic heterocycles. The van der Waals surface area contributed by atoms with Crippen LogP contribution in [-0.4, -0.2) is 20.2 Å². The van der Waals surface area contributed by atoms with Gasteiger partial charge in [-0.15, -0.1) is 11.3 Å². The Hall–Kier alpha value is -1.27. The van der Waals surface area contributed by atoms with Crippen LogP contribution in [0.3, 0.4) is 0 Å². The van der Waals surface area contributed by atoms with Gasteiger partial charge in [-0.3, -0.25) is 5.10 Å². The summed E-state index contributed by atoms with van der Waals surface area (Å²) in [4.78, 5) is 9.78. The van der Waals surface area contributed by atoms with E-state index in [1.165, 1.54) is 9.88 Å². The molecule has 0 spiro atoms. The Balaban J connectivity index is 1.79. The summed E-state index contributed by atoms with van der Waals surface area (Å²) in [6.07, 6.45) is 2.94. The first-order valence-corrected chi connectivity index (χ1v) is 6.11. The van der Waals surface area contributed by atoms with Gasteiger partial charge in [0, 0.05) is 17.6 Å². The third kappa shape index (κ3) is 2.86. The lowest BCUT2D eigenvalue weighted by molar-refractivity contribution is 0.670. The predicted molar refractivity (Wildman–Crippen MR) is 63.2 cm³/mol. The number of aromatic nitrogens is 4. The van der Waals surface area contributed by atoms with Crippen molar-refractivity contribution in [2.24, 2.45) is 0 Å². The molecular weight excluding hydrogens is 222 g/mol. The lowest BCUT2D eigenvalue weighted by atomic mass is 10.5. The molecule has 86 valence electrons. The van der Waals surface area contributed by atoms with E-state index < -0.39 is 0 Å². The molecule has 2 aromatic heterocycles. The average molecular weight is 237 g/mol. The summed E-state index contributed by atoms with van der Waals surface area (Å²) >= 11 is 1.75. The van der Waals surface area contributed by atoms with E-state index in [2.05, 4.69) is 32.4 Å². The van der Waals surface area contributed by atoms with E-state index in [1.807, 2.05) is 13.1 Å². The van der Waals surface area contributed by atoms with Gasteiger partial charge in [-0.05, 0) is 13.3 Å². The first kappa shape index (κ1) is 11.2. The van der Waals surface area contributed by atoms with Crippen LogP contribution in [0.25, 0.3) is 0 Å². The van der Waals surface area contributed by atoms with Gasteiger partial charge < -0.3 is 5.32 Å². The fraction of sp³-hybridized carbons (Fsp3) is 0.500. The van der Waals surface area contributed by atoms with Gasteiger partial charge in [0.2, 0.25) is 0 Å². The van der Waals surface area contributed by atoms with Gasteiger partial charge >= 0.3 is 0 Å². The number of H-pyrrole nitrogens is 1. The van der Waals surface area contributed by atoms with E-state index in [1.54, 1.807) is 11.3 Å². The normalized spacial score (nSPS) is 10.9. The minimum absolute atomic E-state index is 0.684.